The van der Waals surface area contributed by atoms with Crippen LogP contribution in [-0.2, 0) is 10.0 Å². The monoisotopic (exact) mass is 287 g/mol. The zero-order valence-electron chi connectivity index (χ0n) is 11.0. The number of halogens is 1. The minimum atomic E-state index is -3.86. The van der Waals surface area contributed by atoms with Crippen molar-refractivity contribution in [3.8, 4) is 0 Å². The first kappa shape index (κ1) is 14.2. The molecule has 1 aliphatic rings. The SMILES string of the molecule is CN(C)C1CCN(S(=O)(=O)c2c(N)cccc2F)C1. The Morgan fingerprint density at radius 1 is 1.42 bits per heavy atom. The lowest BCUT2D eigenvalue weighted by atomic mass is 10.2. The summed E-state index contributed by atoms with van der Waals surface area (Å²) in [6, 6.07) is 4.07. The highest BCUT2D eigenvalue weighted by molar-refractivity contribution is 7.89. The van der Waals surface area contributed by atoms with Crippen molar-refractivity contribution >= 4 is 15.7 Å². The number of nitrogen functional groups attached to an aromatic ring is 1. The first-order valence-electron chi connectivity index (χ1n) is 6.04. The molecule has 7 heteroatoms. The van der Waals surface area contributed by atoms with Crippen molar-refractivity contribution in [3.63, 3.8) is 0 Å². The van der Waals surface area contributed by atoms with Crippen LogP contribution >= 0.6 is 0 Å². The van der Waals surface area contributed by atoms with Gasteiger partial charge in [0.25, 0.3) is 0 Å². The number of hydrogen-bond acceptors (Lipinski definition) is 4. The van der Waals surface area contributed by atoms with Gasteiger partial charge < -0.3 is 10.6 Å². The molecule has 1 aromatic rings. The molecule has 1 heterocycles. The maximum absolute atomic E-state index is 13.8. The summed E-state index contributed by atoms with van der Waals surface area (Å²) in [5.41, 5.74) is 5.57. The average molecular weight is 287 g/mol. The summed E-state index contributed by atoms with van der Waals surface area (Å²) in [5, 5.41) is 0. The summed E-state index contributed by atoms with van der Waals surface area (Å²) in [6.07, 6.45) is 0.737. The van der Waals surface area contributed by atoms with Crippen LogP contribution in [0.5, 0.6) is 0 Å². The summed E-state index contributed by atoms with van der Waals surface area (Å²) in [6.45, 7) is 0.752. The fraction of sp³-hybridized carbons (Fsp3) is 0.500. The fourth-order valence-electron chi connectivity index (χ4n) is 2.28. The highest BCUT2D eigenvalue weighted by Gasteiger charge is 2.35. The lowest BCUT2D eigenvalue weighted by Gasteiger charge is -2.21. The minimum Gasteiger partial charge on any atom is -0.398 e. The van der Waals surface area contributed by atoms with Crippen LogP contribution in [0.1, 0.15) is 6.42 Å². The number of sulfonamides is 1. The van der Waals surface area contributed by atoms with Gasteiger partial charge in [0.2, 0.25) is 10.0 Å². The van der Waals surface area contributed by atoms with Crippen LogP contribution in [0.3, 0.4) is 0 Å². The van der Waals surface area contributed by atoms with Crippen LogP contribution in [0.4, 0.5) is 10.1 Å². The van der Waals surface area contributed by atoms with Crippen LogP contribution < -0.4 is 5.73 Å². The van der Waals surface area contributed by atoms with E-state index in [1.54, 1.807) is 0 Å². The highest BCUT2D eigenvalue weighted by atomic mass is 32.2. The normalized spacial score (nSPS) is 21.2. The fourth-order valence-corrected chi connectivity index (χ4v) is 3.93. The molecule has 1 fully saturated rings. The van der Waals surface area contributed by atoms with E-state index < -0.39 is 20.7 Å². The van der Waals surface area contributed by atoms with Crippen LogP contribution in [0, 0.1) is 5.82 Å². The van der Waals surface area contributed by atoms with Gasteiger partial charge in [0, 0.05) is 19.1 Å². The van der Waals surface area contributed by atoms with Crippen molar-refractivity contribution < 1.29 is 12.8 Å². The first-order chi connectivity index (χ1) is 8.84. The lowest BCUT2D eigenvalue weighted by Crippen LogP contribution is -2.35. The lowest BCUT2D eigenvalue weighted by molar-refractivity contribution is 0.302. The van der Waals surface area contributed by atoms with E-state index in [1.165, 1.54) is 16.4 Å². The van der Waals surface area contributed by atoms with Crippen LogP contribution in [0.25, 0.3) is 0 Å². The van der Waals surface area contributed by atoms with Gasteiger partial charge in [-0.1, -0.05) is 6.07 Å². The Hall–Kier alpha value is -1.18. The van der Waals surface area contributed by atoms with Gasteiger partial charge in [-0.3, -0.25) is 0 Å². The zero-order chi connectivity index (χ0) is 14.2. The standard InChI is InChI=1S/C12H18FN3O2S/c1-15(2)9-6-7-16(8-9)19(17,18)12-10(13)4-3-5-11(12)14/h3-5,9H,6-8,14H2,1-2H3. The average Bonchev–Trinajstić information content (AvgIpc) is 2.78. The molecule has 1 aromatic carbocycles. The molecule has 19 heavy (non-hydrogen) atoms. The molecule has 1 saturated heterocycles. The van der Waals surface area contributed by atoms with E-state index in [1.807, 2.05) is 19.0 Å². The Bertz CT molecular complexity index is 554. The Labute approximate surface area is 112 Å². The van der Waals surface area contributed by atoms with Gasteiger partial charge >= 0.3 is 0 Å². The van der Waals surface area contributed by atoms with E-state index in [-0.39, 0.29) is 11.7 Å². The second kappa shape index (κ2) is 5.07. The molecule has 2 N–H and O–H groups in total. The molecular formula is C12H18FN3O2S. The number of rotatable bonds is 3. The molecule has 1 atom stereocenters. The van der Waals surface area contributed by atoms with Gasteiger partial charge in [-0.15, -0.1) is 0 Å². The van der Waals surface area contributed by atoms with Gasteiger partial charge in [-0.25, -0.2) is 12.8 Å². The van der Waals surface area contributed by atoms with Gasteiger partial charge in [0.1, 0.15) is 10.7 Å². The summed E-state index contributed by atoms with van der Waals surface area (Å²) >= 11 is 0. The molecular weight excluding hydrogens is 269 g/mol. The molecule has 0 saturated carbocycles. The minimum absolute atomic E-state index is 0.0479. The van der Waals surface area contributed by atoms with Gasteiger partial charge in [-0.2, -0.15) is 4.31 Å². The Morgan fingerprint density at radius 3 is 2.63 bits per heavy atom. The Kier molecular flexibility index (Phi) is 3.80. The summed E-state index contributed by atoms with van der Waals surface area (Å²) in [4.78, 5) is 1.56. The van der Waals surface area contributed by atoms with Crippen LogP contribution in [-0.4, -0.2) is 50.8 Å². The number of anilines is 1. The van der Waals surface area contributed by atoms with E-state index in [2.05, 4.69) is 0 Å². The number of benzene rings is 1. The first-order valence-corrected chi connectivity index (χ1v) is 7.48. The maximum Gasteiger partial charge on any atom is 0.248 e. The largest absolute Gasteiger partial charge is 0.398 e. The summed E-state index contributed by atoms with van der Waals surface area (Å²) in [5.74, 6) is -0.798. The van der Waals surface area contributed by atoms with Gasteiger partial charge in [0.05, 0.1) is 5.69 Å². The molecule has 0 amide bonds. The van der Waals surface area contributed by atoms with Gasteiger partial charge in [0.15, 0.2) is 0 Å². The predicted molar refractivity (Wildman–Crippen MR) is 71.7 cm³/mol. The molecule has 1 unspecified atom stereocenters. The molecule has 2 rings (SSSR count). The van der Waals surface area contributed by atoms with E-state index >= 15 is 0 Å². The van der Waals surface area contributed by atoms with Crippen LogP contribution in [0.15, 0.2) is 23.1 Å². The summed E-state index contributed by atoms with van der Waals surface area (Å²) < 4.78 is 39.9. The quantitative estimate of drug-likeness (QED) is 0.832. The number of likely N-dealkylation sites (N-methyl/N-ethyl adjacent to an activating group) is 1. The van der Waals surface area contributed by atoms with Crippen molar-refractivity contribution in [2.45, 2.75) is 17.4 Å². The topological polar surface area (TPSA) is 66.6 Å². The number of nitrogens with zero attached hydrogens (tertiary/aromatic N) is 2. The zero-order valence-corrected chi connectivity index (χ0v) is 11.8. The molecule has 0 bridgehead atoms. The van der Waals surface area contributed by atoms with Gasteiger partial charge in [-0.05, 0) is 32.6 Å². The third-order valence-electron chi connectivity index (χ3n) is 3.45. The Morgan fingerprint density at radius 2 is 2.11 bits per heavy atom. The molecule has 0 radical (unpaired) electrons. The van der Waals surface area contributed by atoms with E-state index in [0.29, 0.717) is 13.1 Å². The highest BCUT2D eigenvalue weighted by Crippen LogP contribution is 2.28. The number of hydrogen-bond donors (Lipinski definition) is 1. The smallest absolute Gasteiger partial charge is 0.248 e. The van der Waals surface area contributed by atoms with Crippen molar-refractivity contribution in [3.05, 3.63) is 24.0 Å². The van der Waals surface area contributed by atoms with E-state index in [4.69, 9.17) is 5.73 Å². The second-order valence-electron chi connectivity index (χ2n) is 4.93. The Balaban J connectivity index is 2.34. The van der Waals surface area contributed by atoms with E-state index in [9.17, 15) is 12.8 Å². The predicted octanol–water partition coefficient (Wildman–Crippen LogP) is 0.733. The molecule has 0 aromatic heterocycles. The van der Waals surface area contributed by atoms with Crippen molar-refractivity contribution in [2.24, 2.45) is 0 Å². The second-order valence-corrected chi connectivity index (χ2v) is 6.80. The third-order valence-corrected chi connectivity index (χ3v) is 5.41. The van der Waals surface area contributed by atoms with Crippen molar-refractivity contribution in [2.75, 3.05) is 32.9 Å². The maximum atomic E-state index is 13.8. The molecule has 106 valence electrons. The number of nitrogens with two attached hydrogens (primary N) is 1. The van der Waals surface area contributed by atoms with Crippen molar-refractivity contribution in [1.82, 2.24) is 9.21 Å². The van der Waals surface area contributed by atoms with Crippen molar-refractivity contribution in [1.29, 1.82) is 0 Å². The van der Waals surface area contributed by atoms with E-state index in [0.717, 1.165) is 12.5 Å². The molecule has 0 aliphatic carbocycles. The van der Waals surface area contributed by atoms with Crippen LogP contribution in [0.2, 0.25) is 0 Å². The third kappa shape index (κ3) is 2.58. The summed E-state index contributed by atoms with van der Waals surface area (Å²) in [7, 11) is -0.0577. The molecule has 1 aliphatic heterocycles. The molecule has 5 nitrogen and oxygen atoms in total. The molecule has 0 spiro atoms.